The Morgan fingerprint density at radius 2 is 1.91 bits per heavy atom. The summed E-state index contributed by atoms with van der Waals surface area (Å²) in [5, 5.41) is 2.76. The van der Waals surface area contributed by atoms with Crippen molar-refractivity contribution in [3.8, 4) is 5.88 Å². The molecule has 0 radical (unpaired) electrons. The molecule has 2 aromatic heterocycles. The van der Waals surface area contributed by atoms with Crippen molar-refractivity contribution in [1.82, 2.24) is 9.88 Å². The lowest BCUT2D eigenvalue weighted by molar-refractivity contribution is -0.129. The topological polar surface area (TPSA) is 114 Å². The highest BCUT2D eigenvalue weighted by Gasteiger charge is 2.40. The molecule has 4 rings (SSSR count). The number of Topliss-reactive ketones (excluding diaryl/α,β-unsaturated/α-hetero) is 1. The molecule has 2 amide bonds. The maximum atomic E-state index is 13.0. The van der Waals surface area contributed by atoms with Crippen molar-refractivity contribution < 1.29 is 28.3 Å². The number of anilines is 2. The lowest BCUT2D eigenvalue weighted by atomic mass is 9.91. The SMILES string of the molecule is COc1nc(N2CCN(C(C)=O)CC2)ccc1NC(=O)c1coc2c1C(=O)C(C)(C)OC2. The minimum Gasteiger partial charge on any atom is -0.479 e. The molecule has 2 aromatic rings. The number of nitrogens with zero attached hydrogens (tertiary/aromatic N) is 3. The van der Waals surface area contributed by atoms with E-state index in [-0.39, 0.29) is 35.3 Å². The van der Waals surface area contributed by atoms with Crippen LogP contribution in [-0.2, 0) is 16.1 Å². The number of amides is 2. The number of fused-ring (bicyclic) bond motifs is 1. The van der Waals surface area contributed by atoms with Gasteiger partial charge in [-0.15, -0.1) is 0 Å². The van der Waals surface area contributed by atoms with Crippen molar-refractivity contribution in [3.63, 3.8) is 0 Å². The molecule has 2 aliphatic heterocycles. The van der Waals surface area contributed by atoms with E-state index in [4.69, 9.17) is 13.9 Å². The number of aromatic nitrogens is 1. The standard InChI is InChI=1S/C22H26N4O6/c1-13(27)25-7-9-26(10-8-25)17-6-5-15(21(24-17)30-4)23-20(29)14-11-31-16-12-32-22(2,3)19(28)18(14)16/h5-6,11H,7-10,12H2,1-4H3,(H,23,29). The molecule has 1 N–H and O–H groups in total. The van der Waals surface area contributed by atoms with Gasteiger partial charge in [-0.25, -0.2) is 0 Å². The maximum Gasteiger partial charge on any atom is 0.259 e. The zero-order valence-electron chi connectivity index (χ0n) is 18.6. The van der Waals surface area contributed by atoms with Gasteiger partial charge in [0.15, 0.2) is 5.78 Å². The highest BCUT2D eigenvalue weighted by molar-refractivity contribution is 6.15. The summed E-state index contributed by atoms with van der Waals surface area (Å²) in [6.07, 6.45) is 1.27. The third kappa shape index (κ3) is 3.93. The average molecular weight is 442 g/mol. The summed E-state index contributed by atoms with van der Waals surface area (Å²) in [6, 6.07) is 3.49. The Kier molecular flexibility index (Phi) is 5.64. The van der Waals surface area contributed by atoms with E-state index in [0.29, 0.717) is 43.4 Å². The zero-order chi connectivity index (χ0) is 23.0. The van der Waals surface area contributed by atoms with Crippen molar-refractivity contribution >= 4 is 29.1 Å². The minimum atomic E-state index is -1.03. The predicted molar refractivity (Wildman–Crippen MR) is 115 cm³/mol. The molecule has 0 atom stereocenters. The molecule has 0 aromatic carbocycles. The zero-order valence-corrected chi connectivity index (χ0v) is 18.6. The number of methoxy groups -OCH3 is 1. The molecule has 0 bridgehead atoms. The molecule has 0 unspecified atom stereocenters. The van der Waals surface area contributed by atoms with E-state index < -0.39 is 11.5 Å². The fourth-order valence-electron chi connectivity index (χ4n) is 3.83. The van der Waals surface area contributed by atoms with Crippen molar-refractivity contribution in [2.45, 2.75) is 33.0 Å². The van der Waals surface area contributed by atoms with Gasteiger partial charge in [-0.1, -0.05) is 0 Å². The third-order valence-electron chi connectivity index (χ3n) is 5.79. The number of piperazine rings is 1. The number of hydrogen-bond donors (Lipinski definition) is 1. The Balaban J connectivity index is 1.52. The molecule has 1 fully saturated rings. The number of rotatable bonds is 4. The Morgan fingerprint density at radius 3 is 2.56 bits per heavy atom. The molecular formula is C22H26N4O6. The van der Waals surface area contributed by atoms with Crippen molar-refractivity contribution in [2.75, 3.05) is 43.5 Å². The van der Waals surface area contributed by atoms with Crippen LogP contribution in [0.2, 0.25) is 0 Å². The number of nitrogens with one attached hydrogen (secondary N) is 1. The number of pyridine rings is 1. The summed E-state index contributed by atoms with van der Waals surface area (Å²) < 4.78 is 16.3. The summed E-state index contributed by atoms with van der Waals surface area (Å²) in [6.45, 7) is 7.56. The first-order valence-corrected chi connectivity index (χ1v) is 10.4. The molecule has 0 saturated carbocycles. The molecule has 10 heteroatoms. The fraction of sp³-hybridized carbons (Fsp3) is 0.455. The van der Waals surface area contributed by atoms with E-state index in [1.165, 1.54) is 13.4 Å². The van der Waals surface area contributed by atoms with Crippen LogP contribution in [0.5, 0.6) is 5.88 Å². The normalized spacial score (nSPS) is 17.7. The first-order valence-electron chi connectivity index (χ1n) is 10.4. The molecule has 10 nitrogen and oxygen atoms in total. The Bertz CT molecular complexity index is 1070. The van der Waals surface area contributed by atoms with E-state index in [1.807, 2.05) is 0 Å². The quantitative estimate of drug-likeness (QED) is 0.766. The van der Waals surface area contributed by atoms with E-state index >= 15 is 0 Å². The van der Waals surface area contributed by atoms with Gasteiger partial charge in [0.25, 0.3) is 5.91 Å². The maximum absolute atomic E-state index is 13.0. The lowest BCUT2D eigenvalue weighted by Crippen LogP contribution is -2.48. The van der Waals surface area contributed by atoms with E-state index in [9.17, 15) is 14.4 Å². The average Bonchev–Trinajstić information content (AvgIpc) is 3.21. The van der Waals surface area contributed by atoms with Gasteiger partial charge in [0.05, 0.1) is 18.2 Å². The number of ketones is 1. The summed E-state index contributed by atoms with van der Waals surface area (Å²) >= 11 is 0. The van der Waals surface area contributed by atoms with Gasteiger partial charge in [0.1, 0.15) is 35.7 Å². The van der Waals surface area contributed by atoms with E-state index in [2.05, 4.69) is 15.2 Å². The van der Waals surface area contributed by atoms with E-state index in [0.717, 1.165) is 0 Å². The van der Waals surface area contributed by atoms with Crippen molar-refractivity contribution in [3.05, 3.63) is 35.3 Å². The largest absolute Gasteiger partial charge is 0.479 e. The van der Waals surface area contributed by atoms with Crippen LogP contribution in [0.25, 0.3) is 0 Å². The van der Waals surface area contributed by atoms with Gasteiger partial charge in [-0.05, 0) is 26.0 Å². The number of carbonyl (C=O) groups is 3. The number of ether oxygens (including phenoxy) is 2. The van der Waals surface area contributed by atoms with Gasteiger partial charge >= 0.3 is 0 Å². The second-order valence-corrected chi connectivity index (χ2v) is 8.25. The molecule has 1 saturated heterocycles. The van der Waals surface area contributed by atoms with Crippen LogP contribution in [-0.4, -0.2) is 66.4 Å². The first-order chi connectivity index (χ1) is 15.2. The lowest BCUT2D eigenvalue weighted by Gasteiger charge is -2.35. The van der Waals surface area contributed by atoms with Gasteiger partial charge in [-0.2, -0.15) is 4.98 Å². The molecule has 170 valence electrons. The minimum absolute atomic E-state index is 0.0584. The van der Waals surface area contributed by atoms with Crippen LogP contribution in [0, 0.1) is 0 Å². The van der Waals surface area contributed by atoms with Crippen LogP contribution in [0.1, 0.15) is 47.2 Å². The summed E-state index contributed by atoms with van der Waals surface area (Å²) in [4.78, 5) is 45.6. The molecule has 32 heavy (non-hydrogen) atoms. The highest BCUT2D eigenvalue weighted by Crippen LogP contribution is 2.33. The molecular weight excluding hydrogens is 416 g/mol. The second kappa shape index (κ2) is 8.27. The van der Waals surface area contributed by atoms with Crippen LogP contribution in [0.4, 0.5) is 11.5 Å². The molecule has 2 aliphatic rings. The van der Waals surface area contributed by atoms with E-state index in [1.54, 1.807) is 37.8 Å². The van der Waals surface area contributed by atoms with Crippen LogP contribution in [0.3, 0.4) is 0 Å². The molecule has 0 aliphatic carbocycles. The summed E-state index contributed by atoms with van der Waals surface area (Å²) in [7, 11) is 1.47. The highest BCUT2D eigenvalue weighted by atomic mass is 16.5. The molecule has 0 spiro atoms. The fourth-order valence-corrected chi connectivity index (χ4v) is 3.83. The monoisotopic (exact) mass is 442 g/mol. The Labute approximate surface area is 185 Å². The Morgan fingerprint density at radius 1 is 1.19 bits per heavy atom. The summed E-state index contributed by atoms with van der Waals surface area (Å²) in [5.74, 6) is 0.537. The Hall–Kier alpha value is -3.40. The van der Waals surface area contributed by atoms with Crippen molar-refractivity contribution in [2.24, 2.45) is 0 Å². The number of furan rings is 1. The van der Waals surface area contributed by atoms with Crippen LogP contribution < -0.4 is 15.0 Å². The predicted octanol–water partition coefficient (Wildman–Crippen LogP) is 2.10. The van der Waals surface area contributed by atoms with Gasteiger partial charge in [0.2, 0.25) is 11.8 Å². The van der Waals surface area contributed by atoms with Gasteiger partial charge < -0.3 is 29.0 Å². The van der Waals surface area contributed by atoms with Gasteiger partial charge in [-0.3, -0.25) is 14.4 Å². The van der Waals surface area contributed by atoms with Crippen LogP contribution in [0.15, 0.2) is 22.8 Å². The smallest absolute Gasteiger partial charge is 0.259 e. The molecule has 4 heterocycles. The second-order valence-electron chi connectivity index (χ2n) is 8.25. The van der Waals surface area contributed by atoms with Gasteiger partial charge in [0, 0.05) is 33.1 Å². The summed E-state index contributed by atoms with van der Waals surface area (Å²) in [5.41, 5.74) is -0.269. The van der Waals surface area contributed by atoms with Crippen LogP contribution >= 0.6 is 0 Å². The third-order valence-corrected chi connectivity index (χ3v) is 5.79. The van der Waals surface area contributed by atoms with Crippen molar-refractivity contribution in [1.29, 1.82) is 0 Å². The first kappa shape index (κ1) is 21.8. The number of hydrogen-bond acceptors (Lipinski definition) is 8. The number of carbonyl (C=O) groups excluding carboxylic acids is 3.